The molecule has 2 aromatic carbocycles. The van der Waals surface area contributed by atoms with E-state index in [1.54, 1.807) is 24.3 Å². The number of H-pyrrole nitrogens is 1. The number of hydrogen-bond donors (Lipinski definition) is 3. The highest BCUT2D eigenvalue weighted by atomic mass is 16.2. The summed E-state index contributed by atoms with van der Waals surface area (Å²) >= 11 is 0. The molecule has 152 valence electrons. The Morgan fingerprint density at radius 2 is 1.90 bits per heavy atom. The van der Waals surface area contributed by atoms with Crippen LogP contribution in [0.25, 0.3) is 10.9 Å². The Balaban J connectivity index is 1.42. The molecule has 0 spiro atoms. The molecule has 1 aliphatic rings. The highest BCUT2D eigenvalue weighted by Gasteiger charge is 2.39. The van der Waals surface area contributed by atoms with Crippen molar-refractivity contribution in [2.24, 2.45) is 0 Å². The minimum absolute atomic E-state index is 0.125. The van der Waals surface area contributed by atoms with Gasteiger partial charge < -0.3 is 15.6 Å². The van der Waals surface area contributed by atoms with Crippen molar-refractivity contribution in [1.29, 1.82) is 0 Å². The van der Waals surface area contributed by atoms with Crippen molar-refractivity contribution < 1.29 is 19.2 Å². The van der Waals surface area contributed by atoms with Crippen molar-refractivity contribution >= 4 is 40.2 Å². The highest BCUT2D eigenvalue weighted by Crippen LogP contribution is 2.21. The molecule has 8 nitrogen and oxygen atoms in total. The van der Waals surface area contributed by atoms with Crippen molar-refractivity contribution in [3.05, 3.63) is 65.9 Å². The standard InChI is InChI=1S/C22H20N4O4/c1-13(27)14-5-4-6-16(9-14)24-20(28)12-26-21(29)19(25-22(26)30)10-15-11-23-18-8-3-2-7-17(15)18/h2-9,11,19,23H,10,12H2,1H3,(H,24,28)(H,25,30). The predicted octanol–water partition coefficient (Wildman–Crippen LogP) is 2.47. The summed E-state index contributed by atoms with van der Waals surface area (Å²) in [7, 11) is 0. The molecular weight excluding hydrogens is 384 g/mol. The lowest BCUT2D eigenvalue weighted by molar-refractivity contribution is -0.130. The van der Waals surface area contributed by atoms with E-state index in [9.17, 15) is 19.2 Å². The minimum atomic E-state index is -0.731. The number of carbonyl (C=O) groups is 4. The van der Waals surface area contributed by atoms with Gasteiger partial charge in [-0.05, 0) is 30.7 Å². The largest absolute Gasteiger partial charge is 0.361 e. The quantitative estimate of drug-likeness (QED) is 0.433. The summed E-state index contributed by atoms with van der Waals surface area (Å²) in [6.07, 6.45) is 2.15. The Kier molecular flexibility index (Phi) is 5.05. The van der Waals surface area contributed by atoms with Crippen LogP contribution < -0.4 is 10.6 Å². The number of rotatable bonds is 6. The molecule has 1 unspecified atom stereocenters. The molecule has 2 heterocycles. The van der Waals surface area contributed by atoms with Crippen LogP contribution in [0.2, 0.25) is 0 Å². The first kappa shape index (κ1) is 19.4. The van der Waals surface area contributed by atoms with Crippen LogP contribution in [-0.4, -0.2) is 46.1 Å². The number of aromatic nitrogens is 1. The molecule has 1 atom stereocenters. The zero-order chi connectivity index (χ0) is 21.3. The van der Waals surface area contributed by atoms with Gasteiger partial charge in [0.15, 0.2) is 5.78 Å². The molecule has 1 saturated heterocycles. The average molecular weight is 404 g/mol. The van der Waals surface area contributed by atoms with Crippen LogP contribution in [0.1, 0.15) is 22.8 Å². The molecule has 1 fully saturated rings. The number of fused-ring (bicyclic) bond motifs is 1. The number of anilines is 1. The van der Waals surface area contributed by atoms with Crippen LogP contribution in [0, 0.1) is 0 Å². The number of nitrogens with one attached hydrogen (secondary N) is 3. The Labute approximate surface area is 172 Å². The number of imide groups is 1. The van der Waals surface area contributed by atoms with Crippen LogP contribution in [-0.2, 0) is 16.0 Å². The molecule has 0 saturated carbocycles. The van der Waals surface area contributed by atoms with Gasteiger partial charge in [0, 0.05) is 34.8 Å². The van der Waals surface area contributed by atoms with Crippen LogP contribution in [0.4, 0.5) is 10.5 Å². The molecular formula is C22H20N4O4. The third-order valence-electron chi connectivity index (χ3n) is 5.06. The fraction of sp³-hybridized carbons (Fsp3) is 0.182. The summed E-state index contributed by atoms with van der Waals surface area (Å²) in [6, 6.07) is 12.9. The van der Waals surface area contributed by atoms with Gasteiger partial charge in [0.25, 0.3) is 5.91 Å². The van der Waals surface area contributed by atoms with E-state index < -0.39 is 30.4 Å². The maximum Gasteiger partial charge on any atom is 0.325 e. The molecule has 0 aliphatic carbocycles. The van der Waals surface area contributed by atoms with Gasteiger partial charge >= 0.3 is 6.03 Å². The maximum atomic E-state index is 12.7. The number of Topliss-reactive ketones (excluding diaryl/α,β-unsaturated/α-hetero) is 1. The Morgan fingerprint density at radius 3 is 2.70 bits per heavy atom. The fourth-order valence-corrected chi connectivity index (χ4v) is 3.55. The number of ketones is 1. The molecule has 4 rings (SSSR count). The van der Waals surface area contributed by atoms with Crippen molar-refractivity contribution in [3.63, 3.8) is 0 Å². The van der Waals surface area contributed by atoms with E-state index in [0.29, 0.717) is 17.7 Å². The number of para-hydroxylation sites is 1. The average Bonchev–Trinajstić information content (AvgIpc) is 3.24. The molecule has 1 aliphatic heterocycles. The van der Waals surface area contributed by atoms with Crippen LogP contribution in [0.3, 0.4) is 0 Å². The Bertz CT molecular complexity index is 1170. The maximum absolute atomic E-state index is 12.7. The van der Waals surface area contributed by atoms with Crippen molar-refractivity contribution in [1.82, 2.24) is 15.2 Å². The first-order valence-electron chi connectivity index (χ1n) is 9.50. The first-order chi connectivity index (χ1) is 14.4. The van der Waals surface area contributed by atoms with E-state index in [0.717, 1.165) is 21.4 Å². The monoisotopic (exact) mass is 404 g/mol. The van der Waals surface area contributed by atoms with E-state index >= 15 is 0 Å². The van der Waals surface area contributed by atoms with Gasteiger partial charge in [-0.25, -0.2) is 4.79 Å². The SMILES string of the molecule is CC(=O)c1cccc(NC(=O)CN2C(=O)NC(Cc3c[nH]c4ccccc34)C2=O)c1. The lowest BCUT2D eigenvalue weighted by atomic mass is 10.1. The fourth-order valence-electron chi connectivity index (χ4n) is 3.55. The van der Waals surface area contributed by atoms with Crippen LogP contribution >= 0.6 is 0 Å². The van der Waals surface area contributed by atoms with E-state index in [1.807, 2.05) is 30.5 Å². The van der Waals surface area contributed by atoms with Crippen molar-refractivity contribution in [3.8, 4) is 0 Å². The molecule has 0 bridgehead atoms. The van der Waals surface area contributed by atoms with Crippen molar-refractivity contribution in [2.45, 2.75) is 19.4 Å². The molecule has 1 aromatic heterocycles. The van der Waals surface area contributed by atoms with Gasteiger partial charge in [-0.15, -0.1) is 0 Å². The number of nitrogens with zero attached hydrogens (tertiary/aromatic N) is 1. The van der Waals surface area contributed by atoms with Crippen LogP contribution in [0.15, 0.2) is 54.7 Å². The third kappa shape index (κ3) is 3.80. The normalized spacial score (nSPS) is 16.0. The lowest BCUT2D eigenvalue weighted by Gasteiger charge is -2.13. The van der Waals surface area contributed by atoms with Gasteiger partial charge in [-0.2, -0.15) is 0 Å². The zero-order valence-electron chi connectivity index (χ0n) is 16.3. The molecule has 3 aromatic rings. The predicted molar refractivity (Wildman–Crippen MR) is 111 cm³/mol. The summed E-state index contributed by atoms with van der Waals surface area (Å²) in [5.41, 5.74) is 2.75. The molecule has 0 radical (unpaired) electrons. The van der Waals surface area contributed by atoms with Crippen molar-refractivity contribution in [2.75, 3.05) is 11.9 Å². The second kappa shape index (κ2) is 7.82. The zero-order valence-corrected chi connectivity index (χ0v) is 16.3. The second-order valence-corrected chi connectivity index (χ2v) is 7.18. The summed E-state index contributed by atoms with van der Waals surface area (Å²) in [5.74, 6) is -1.09. The van der Waals surface area contributed by atoms with E-state index in [1.165, 1.54) is 6.92 Å². The van der Waals surface area contributed by atoms with Crippen LogP contribution in [0.5, 0.6) is 0 Å². The third-order valence-corrected chi connectivity index (χ3v) is 5.06. The van der Waals surface area contributed by atoms with Gasteiger partial charge in [0.1, 0.15) is 12.6 Å². The smallest absolute Gasteiger partial charge is 0.325 e. The minimum Gasteiger partial charge on any atom is -0.361 e. The number of amides is 4. The number of benzene rings is 2. The second-order valence-electron chi connectivity index (χ2n) is 7.18. The van der Waals surface area contributed by atoms with E-state index in [2.05, 4.69) is 15.6 Å². The first-order valence-corrected chi connectivity index (χ1v) is 9.50. The highest BCUT2D eigenvalue weighted by molar-refractivity contribution is 6.08. The molecule has 30 heavy (non-hydrogen) atoms. The molecule has 4 amide bonds. The summed E-state index contributed by atoms with van der Waals surface area (Å²) in [6.45, 7) is 1.03. The summed E-state index contributed by atoms with van der Waals surface area (Å²) in [5, 5.41) is 6.26. The summed E-state index contributed by atoms with van der Waals surface area (Å²) < 4.78 is 0. The Hall–Kier alpha value is -3.94. The number of carbonyl (C=O) groups excluding carboxylic acids is 4. The molecule has 8 heteroatoms. The van der Waals surface area contributed by atoms with Gasteiger partial charge in [0.2, 0.25) is 5.91 Å². The molecule has 3 N–H and O–H groups in total. The van der Waals surface area contributed by atoms with E-state index in [4.69, 9.17) is 0 Å². The number of hydrogen-bond acceptors (Lipinski definition) is 4. The number of urea groups is 1. The van der Waals surface area contributed by atoms with Gasteiger partial charge in [-0.1, -0.05) is 30.3 Å². The summed E-state index contributed by atoms with van der Waals surface area (Å²) in [4.78, 5) is 52.9. The van der Waals surface area contributed by atoms with Gasteiger partial charge in [-0.3, -0.25) is 19.3 Å². The van der Waals surface area contributed by atoms with E-state index in [-0.39, 0.29) is 5.78 Å². The lowest BCUT2D eigenvalue weighted by Crippen LogP contribution is -2.38. The van der Waals surface area contributed by atoms with Gasteiger partial charge in [0.05, 0.1) is 0 Å². The Morgan fingerprint density at radius 1 is 1.10 bits per heavy atom. The number of aromatic amines is 1. The topological polar surface area (TPSA) is 111 Å².